The third-order valence-corrected chi connectivity index (χ3v) is 3.28. The molecule has 0 saturated heterocycles. The molecule has 0 saturated carbocycles. The van der Waals surface area contributed by atoms with Gasteiger partial charge in [-0.1, -0.05) is 18.2 Å². The summed E-state index contributed by atoms with van der Waals surface area (Å²) in [5.74, 6) is -0.989. The number of carboxylic acid groups (broad SMARTS) is 1. The Morgan fingerprint density at radius 2 is 2.09 bits per heavy atom. The molecule has 2 aromatic heterocycles. The van der Waals surface area contributed by atoms with Gasteiger partial charge in [0.15, 0.2) is 0 Å². The van der Waals surface area contributed by atoms with Gasteiger partial charge < -0.3 is 9.51 Å². The molecule has 0 atom stereocenters. The third-order valence-electron chi connectivity index (χ3n) is 3.28. The van der Waals surface area contributed by atoms with E-state index in [1.165, 1.54) is 12.1 Å². The van der Waals surface area contributed by atoms with Crippen LogP contribution in [0.5, 0.6) is 0 Å². The first-order valence-corrected chi connectivity index (χ1v) is 6.49. The van der Waals surface area contributed by atoms with Crippen molar-refractivity contribution < 1.29 is 14.8 Å². The monoisotopic (exact) mass is 297 g/mol. The number of pyridine rings is 1. The Morgan fingerprint density at radius 1 is 1.27 bits per heavy atom. The van der Waals surface area contributed by atoms with Crippen molar-refractivity contribution in [1.29, 1.82) is 0 Å². The molecule has 0 bridgehead atoms. The molecule has 0 aliphatic carbocycles. The number of carboxylic acids is 1. The highest BCUT2D eigenvalue weighted by Gasteiger charge is 2.18. The molecule has 0 aliphatic heterocycles. The first-order chi connectivity index (χ1) is 10.6. The van der Waals surface area contributed by atoms with Crippen molar-refractivity contribution in [3.8, 4) is 11.3 Å². The third kappa shape index (κ3) is 2.39. The number of aliphatic carboxylic acids is 1. The van der Waals surface area contributed by atoms with Crippen LogP contribution in [-0.4, -0.2) is 25.4 Å². The molecule has 3 aromatic rings. The lowest BCUT2D eigenvalue weighted by Crippen LogP contribution is -2.04. The molecule has 0 aliphatic rings. The Kier molecular flexibility index (Phi) is 3.30. The fourth-order valence-corrected chi connectivity index (χ4v) is 2.36. The predicted octanol–water partition coefficient (Wildman–Crippen LogP) is 2.54. The molecule has 3 rings (SSSR count). The topological polar surface area (TPSA) is 97.7 Å². The summed E-state index contributed by atoms with van der Waals surface area (Å²) in [5.41, 5.74) is 1.99. The van der Waals surface area contributed by atoms with E-state index >= 15 is 0 Å². The van der Waals surface area contributed by atoms with Crippen molar-refractivity contribution >= 4 is 17.3 Å². The molecule has 0 spiro atoms. The van der Waals surface area contributed by atoms with Crippen LogP contribution in [0.3, 0.4) is 0 Å². The van der Waals surface area contributed by atoms with Crippen molar-refractivity contribution in [2.75, 3.05) is 0 Å². The van der Waals surface area contributed by atoms with Crippen molar-refractivity contribution in [3.05, 3.63) is 64.5 Å². The molecule has 0 unspecified atom stereocenters. The zero-order valence-corrected chi connectivity index (χ0v) is 11.3. The van der Waals surface area contributed by atoms with Gasteiger partial charge in [-0.25, -0.2) is 4.98 Å². The number of fused-ring (bicyclic) bond motifs is 1. The standard InChI is InChI=1S/C15H11N3O4/c19-14(20)9-12-15(16-13-6-1-2-7-17(12)13)10-4-3-5-11(8-10)18(21)22/h1-8H,9H2,(H,19,20). The SMILES string of the molecule is O=C(O)Cc1c(-c2cccc([N+](=O)[O-])c2)nc2ccccn12. The lowest BCUT2D eigenvalue weighted by atomic mass is 10.1. The van der Waals surface area contributed by atoms with E-state index in [4.69, 9.17) is 5.11 Å². The van der Waals surface area contributed by atoms with Crippen LogP contribution in [-0.2, 0) is 11.2 Å². The van der Waals surface area contributed by atoms with Gasteiger partial charge in [0.25, 0.3) is 5.69 Å². The molecule has 0 amide bonds. The maximum Gasteiger partial charge on any atom is 0.309 e. The first kappa shape index (κ1) is 13.7. The summed E-state index contributed by atoms with van der Waals surface area (Å²) in [6.07, 6.45) is 1.50. The Balaban J connectivity index is 2.23. The summed E-state index contributed by atoms with van der Waals surface area (Å²) >= 11 is 0. The summed E-state index contributed by atoms with van der Waals surface area (Å²) in [7, 11) is 0. The lowest BCUT2D eigenvalue weighted by molar-refractivity contribution is -0.384. The van der Waals surface area contributed by atoms with Crippen LogP contribution in [0.4, 0.5) is 5.69 Å². The molecule has 0 radical (unpaired) electrons. The van der Waals surface area contributed by atoms with Gasteiger partial charge >= 0.3 is 5.97 Å². The summed E-state index contributed by atoms with van der Waals surface area (Å²) in [4.78, 5) is 25.9. The number of nitro groups is 1. The van der Waals surface area contributed by atoms with Crippen molar-refractivity contribution in [2.24, 2.45) is 0 Å². The number of benzene rings is 1. The Hall–Kier alpha value is -3.22. The van der Waals surface area contributed by atoms with Crippen LogP contribution in [0.2, 0.25) is 0 Å². The fraction of sp³-hybridized carbons (Fsp3) is 0.0667. The van der Waals surface area contributed by atoms with Gasteiger partial charge in [0.05, 0.1) is 22.7 Å². The minimum atomic E-state index is -0.989. The number of nitro benzene ring substituents is 1. The second kappa shape index (κ2) is 5.28. The number of rotatable bonds is 4. The van der Waals surface area contributed by atoms with E-state index in [1.54, 1.807) is 40.9 Å². The van der Waals surface area contributed by atoms with Crippen molar-refractivity contribution in [3.63, 3.8) is 0 Å². The highest BCUT2D eigenvalue weighted by atomic mass is 16.6. The van der Waals surface area contributed by atoms with Gasteiger partial charge in [0, 0.05) is 23.9 Å². The van der Waals surface area contributed by atoms with E-state index in [0.717, 1.165) is 0 Å². The van der Waals surface area contributed by atoms with E-state index < -0.39 is 10.9 Å². The minimum Gasteiger partial charge on any atom is -0.481 e. The number of imidazole rings is 1. The first-order valence-electron chi connectivity index (χ1n) is 6.49. The Morgan fingerprint density at radius 3 is 2.82 bits per heavy atom. The summed E-state index contributed by atoms with van der Waals surface area (Å²) in [6.45, 7) is 0. The summed E-state index contributed by atoms with van der Waals surface area (Å²) < 4.78 is 1.68. The smallest absolute Gasteiger partial charge is 0.309 e. The highest BCUT2D eigenvalue weighted by Crippen LogP contribution is 2.27. The number of hydrogen-bond acceptors (Lipinski definition) is 4. The highest BCUT2D eigenvalue weighted by molar-refractivity contribution is 5.76. The predicted molar refractivity (Wildman–Crippen MR) is 78.6 cm³/mol. The number of carbonyl (C=O) groups is 1. The van der Waals surface area contributed by atoms with Crippen LogP contribution in [0.25, 0.3) is 16.9 Å². The van der Waals surface area contributed by atoms with Crippen LogP contribution >= 0.6 is 0 Å². The second-order valence-electron chi connectivity index (χ2n) is 4.71. The molecule has 1 N–H and O–H groups in total. The largest absolute Gasteiger partial charge is 0.481 e. The van der Waals surface area contributed by atoms with Gasteiger partial charge in [-0.05, 0) is 12.1 Å². The zero-order valence-electron chi connectivity index (χ0n) is 11.3. The molecule has 22 heavy (non-hydrogen) atoms. The van der Waals surface area contributed by atoms with Crippen molar-refractivity contribution in [1.82, 2.24) is 9.38 Å². The maximum absolute atomic E-state index is 11.1. The van der Waals surface area contributed by atoms with Gasteiger partial charge in [-0.15, -0.1) is 0 Å². The zero-order chi connectivity index (χ0) is 15.7. The van der Waals surface area contributed by atoms with Gasteiger partial charge in [-0.2, -0.15) is 0 Å². The molecular weight excluding hydrogens is 286 g/mol. The Bertz CT molecular complexity index is 885. The van der Waals surface area contributed by atoms with Crippen LogP contribution < -0.4 is 0 Å². The average Bonchev–Trinajstić information content (AvgIpc) is 2.86. The minimum absolute atomic E-state index is 0.0594. The average molecular weight is 297 g/mol. The molecule has 7 heteroatoms. The van der Waals surface area contributed by atoms with Gasteiger partial charge in [0.1, 0.15) is 5.65 Å². The molecule has 1 aromatic carbocycles. The number of non-ortho nitro benzene ring substituents is 1. The molecular formula is C15H11N3O4. The molecule has 7 nitrogen and oxygen atoms in total. The van der Waals surface area contributed by atoms with E-state index in [-0.39, 0.29) is 12.1 Å². The van der Waals surface area contributed by atoms with Gasteiger partial charge in [-0.3, -0.25) is 14.9 Å². The number of nitrogens with zero attached hydrogens (tertiary/aromatic N) is 3. The lowest BCUT2D eigenvalue weighted by Gasteiger charge is -2.02. The molecule has 0 fully saturated rings. The van der Waals surface area contributed by atoms with Gasteiger partial charge in [0.2, 0.25) is 0 Å². The fourth-order valence-electron chi connectivity index (χ4n) is 2.36. The summed E-state index contributed by atoms with van der Waals surface area (Å²) in [5, 5.41) is 20.0. The van der Waals surface area contributed by atoms with E-state index in [2.05, 4.69) is 4.98 Å². The van der Waals surface area contributed by atoms with Crippen LogP contribution in [0, 0.1) is 10.1 Å². The maximum atomic E-state index is 11.1. The normalized spacial score (nSPS) is 10.7. The van der Waals surface area contributed by atoms with E-state index in [1.807, 2.05) is 0 Å². The molecule has 2 heterocycles. The summed E-state index contributed by atoms with van der Waals surface area (Å²) in [6, 6.07) is 11.3. The number of hydrogen-bond donors (Lipinski definition) is 1. The Labute approximate surface area is 124 Å². The second-order valence-corrected chi connectivity index (χ2v) is 4.71. The van der Waals surface area contributed by atoms with Crippen LogP contribution in [0.15, 0.2) is 48.7 Å². The van der Waals surface area contributed by atoms with E-state index in [0.29, 0.717) is 22.6 Å². The quantitative estimate of drug-likeness (QED) is 0.589. The van der Waals surface area contributed by atoms with E-state index in [9.17, 15) is 14.9 Å². The van der Waals surface area contributed by atoms with Crippen LogP contribution in [0.1, 0.15) is 5.69 Å². The van der Waals surface area contributed by atoms with Crippen molar-refractivity contribution in [2.45, 2.75) is 6.42 Å². The number of aromatic nitrogens is 2. The molecule has 110 valence electrons.